The molecule has 7 rings (SSSR count). The van der Waals surface area contributed by atoms with E-state index < -0.39 is 12.2 Å². The van der Waals surface area contributed by atoms with Crippen molar-refractivity contribution in [2.24, 2.45) is 0 Å². The molecule has 3 fully saturated rings. The lowest BCUT2D eigenvalue weighted by Crippen LogP contribution is -2.53. The predicted molar refractivity (Wildman–Crippen MR) is 186 cm³/mol. The third kappa shape index (κ3) is 7.45. The number of urea groups is 1. The summed E-state index contributed by atoms with van der Waals surface area (Å²) < 4.78 is 11.6. The summed E-state index contributed by atoms with van der Waals surface area (Å²) in [7, 11) is 0. The van der Waals surface area contributed by atoms with Crippen molar-refractivity contribution in [1.82, 2.24) is 24.6 Å². The molecule has 4 aliphatic heterocycles. The molecule has 3 aromatic rings. The van der Waals surface area contributed by atoms with Gasteiger partial charge in [-0.3, -0.25) is 14.5 Å². The summed E-state index contributed by atoms with van der Waals surface area (Å²) >= 11 is 0. The van der Waals surface area contributed by atoms with Crippen molar-refractivity contribution < 1.29 is 23.9 Å². The fourth-order valence-electron chi connectivity index (χ4n) is 7.93. The van der Waals surface area contributed by atoms with Crippen LogP contribution in [0.15, 0.2) is 53.3 Å². The van der Waals surface area contributed by atoms with E-state index in [0.717, 1.165) is 78.8 Å². The number of fused-ring (bicyclic) bond motifs is 2. The highest BCUT2D eigenvalue weighted by molar-refractivity contribution is 5.91. The number of carbonyl (C=O) groups excluding carboxylic acids is 3. The molecule has 0 radical (unpaired) electrons. The van der Waals surface area contributed by atoms with Crippen molar-refractivity contribution in [2.45, 2.75) is 63.6 Å². The number of hydrogen-bond acceptors (Lipinski definition) is 7. The number of pyridine rings is 1. The van der Waals surface area contributed by atoms with Crippen LogP contribution in [0.1, 0.15) is 42.4 Å². The Kier molecular flexibility index (Phi) is 9.86. The lowest BCUT2D eigenvalue weighted by molar-refractivity contribution is -0.142. The van der Waals surface area contributed by atoms with Crippen LogP contribution in [0.2, 0.25) is 0 Å². The van der Waals surface area contributed by atoms with Gasteiger partial charge in [0.25, 0.3) is 5.91 Å². The topological polar surface area (TPSA) is 128 Å². The predicted octanol–water partition coefficient (Wildman–Crippen LogP) is 3.76. The van der Waals surface area contributed by atoms with Gasteiger partial charge in [0, 0.05) is 76.1 Å². The molecule has 49 heavy (non-hydrogen) atoms. The third-order valence-electron chi connectivity index (χ3n) is 10.7. The number of amides is 4. The highest BCUT2D eigenvalue weighted by Gasteiger charge is 2.36. The van der Waals surface area contributed by atoms with Gasteiger partial charge in [-0.15, -0.1) is 0 Å². The second kappa shape index (κ2) is 14.6. The summed E-state index contributed by atoms with van der Waals surface area (Å²) in [4.78, 5) is 63.6. The van der Waals surface area contributed by atoms with Crippen molar-refractivity contribution in [2.75, 3.05) is 64.3 Å². The van der Waals surface area contributed by atoms with Crippen LogP contribution in [0.3, 0.4) is 0 Å². The van der Waals surface area contributed by atoms with Crippen molar-refractivity contribution in [1.29, 1.82) is 0 Å². The zero-order valence-corrected chi connectivity index (χ0v) is 28.2. The quantitative estimate of drug-likeness (QED) is 0.409. The van der Waals surface area contributed by atoms with E-state index in [9.17, 15) is 19.2 Å². The van der Waals surface area contributed by atoms with Crippen molar-refractivity contribution >= 4 is 34.6 Å². The molecule has 2 N–H and O–H groups in total. The van der Waals surface area contributed by atoms with Gasteiger partial charge in [-0.1, -0.05) is 24.3 Å². The number of anilines is 1. The van der Waals surface area contributed by atoms with Crippen LogP contribution in [0.5, 0.6) is 0 Å². The van der Waals surface area contributed by atoms with E-state index in [1.807, 2.05) is 53.1 Å². The Labute approximate surface area is 286 Å². The van der Waals surface area contributed by atoms with Crippen LogP contribution in [0.4, 0.5) is 15.3 Å². The Balaban J connectivity index is 1.02. The minimum absolute atomic E-state index is 0.00979. The molecule has 1 aromatic heterocycles. The molecule has 1 atom stereocenters. The molecule has 2 aromatic carbocycles. The SMILES string of the molecule is Cc1cc(CC(OC(=O)N2CCC(N3CCc4ccccc4NC3=O)CC2)C(=O)N2CCC(N3CCOCC3)CC2)cc2ccc(=O)[nH]c12. The van der Waals surface area contributed by atoms with Crippen molar-refractivity contribution in [3.63, 3.8) is 0 Å². The first-order chi connectivity index (χ1) is 23.8. The van der Waals surface area contributed by atoms with Crippen molar-refractivity contribution in [3.05, 3.63) is 75.6 Å². The summed E-state index contributed by atoms with van der Waals surface area (Å²) in [6, 6.07) is 15.4. The highest BCUT2D eigenvalue weighted by Crippen LogP contribution is 2.26. The molecule has 0 saturated carbocycles. The fourth-order valence-corrected chi connectivity index (χ4v) is 7.93. The van der Waals surface area contributed by atoms with E-state index in [1.54, 1.807) is 11.0 Å². The summed E-state index contributed by atoms with van der Waals surface area (Å²) in [6.07, 6.45) is 2.52. The van der Waals surface area contributed by atoms with Gasteiger partial charge in [0.15, 0.2) is 6.10 Å². The number of morpholine rings is 1. The summed E-state index contributed by atoms with van der Waals surface area (Å²) in [5, 5.41) is 3.91. The summed E-state index contributed by atoms with van der Waals surface area (Å²) in [5.41, 5.74) is 4.31. The van der Waals surface area contributed by atoms with E-state index >= 15 is 0 Å². The lowest BCUT2D eigenvalue weighted by Gasteiger charge is -2.41. The number of aryl methyl sites for hydroxylation is 1. The van der Waals surface area contributed by atoms with Crippen molar-refractivity contribution in [3.8, 4) is 0 Å². The number of carbonyl (C=O) groups is 3. The van der Waals surface area contributed by atoms with Crippen LogP contribution in [-0.4, -0.2) is 120 Å². The van der Waals surface area contributed by atoms with Gasteiger partial charge in [0.05, 0.1) is 18.7 Å². The minimum atomic E-state index is -0.986. The van der Waals surface area contributed by atoms with E-state index in [1.165, 1.54) is 6.07 Å². The van der Waals surface area contributed by atoms with Crippen LogP contribution < -0.4 is 10.9 Å². The standard InChI is InChI=1S/C37H46N6O6/c1-25-22-26(23-28-6-7-33(44)39-34(25)28)24-32(35(45)41-13-9-29(10-14-41)40-18-20-48-21-19-40)49-37(47)42-15-11-30(12-16-42)43-17-8-27-4-2-3-5-31(27)38-36(43)46/h2-7,22-23,29-30,32H,8-21,24H2,1H3,(H,38,46)(H,39,44). The first-order valence-electron chi connectivity index (χ1n) is 17.7. The first kappa shape index (κ1) is 33.1. The average molecular weight is 671 g/mol. The van der Waals surface area contributed by atoms with E-state index in [4.69, 9.17) is 9.47 Å². The number of hydrogen-bond donors (Lipinski definition) is 2. The number of rotatable bonds is 6. The van der Waals surface area contributed by atoms with Gasteiger partial charge in [0.2, 0.25) is 5.56 Å². The first-order valence-corrected chi connectivity index (χ1v) is 17.7. The normalized spacial score (nSPS) is 20.4. The van der Waals surface area contributed by atoms with Crippen LogP contribution in [0.25, 0.3) is 10.9 Å². The van der Waals surface area contributed by atoms with Gasteiger partial charge in [-0.2, -0.15) is 0 Å². The number of aromatic nitrogens is 1. The molecule has 4 aliphatic rings. The molecule has 0 aliphatic carbocycles. The molecule has 1 unspecified atom stereocenters. The molecule has 12 nitrogen and oxygen atoms in total. The van der Waals surface area contributed by atoms with Gasteiger partial charge >= 0.3 is 12.1 Å². The Morgan fingerprint density at radius 3 is 2.37 bits per heavy atom. The van der Waals surface area contributed by atoms with E-state index in [-0.39, 0.29) is 30.0 Å². The highest BCUT2D eigenvalue weighted by atomic mass is 16.6. The number of H-pyrrole nitrogens is 1. The Hall–Kier alpha value is -4.42. The third-order valence-corrected chi connectivity index (χ3v) is 10.7. The number of ether oxygens (including phenoxy) is 2. The number of likely N-dealkylation sites (tertiary alicyclic amines) is 2. The van der Waals surface area contributed by atoms with Gasteiger partial charge in [-0.05, 0) is 79.3 Å². The lowest BCUT2D eigenvalue weighted by atomic mass is 9.99. The van der Waals surface area contributed by atoms with Crippen LogP contribution in [0, 0.1) is 6.92 Å². The largest absolute Gasteiger partial charge is 0.436 e. The summed E-state index contributed by atoms with van der Waals surface area (Å²) in [5.74, 6) is -0.177. The molecule has 5 heterocycles. The number of nitrogens with zero attached hydrogens (tertiary/aromatic N) is 4. The second-order valence-corrected chi connectivity index (χ2v) is 13.7. The molecule has 0 bridgehead atoms. The number of aromatic amines is 1. The van der Waals surface area contributed by atoms with Gasteiger partial charge < -0.3 is 34.5 Å². The molecule has 12 heteroatoms. The molecule has 0 spiro atoms. The molecular weight excluding hydrogens is 624 g/mol. The number of piperidine rings is 2. The maximum atomic E-state index is 14.1. The fraction of sp³-hybridized carbons (Fsp3) is 0.514. The number of para-hydroxylation sites is 1. The molecule has 260 valence electrons. The van der Waals surface area contributed by atoms with Crippen LogP contribution in [-0.2, 0) is 27.1 Å². The average Bonchev–Trinajstić information content (AvgIpc) is 3.30. The van der Waals surface area contributed by atoms with Gasteiger partial charge in [-0.25, -0.2) is 9.59 Å². The van der Waals surface area contributed by atoms with E-state index in [2.05, 4.69) is 15.2 Å². The Morgan fingerprint density at radius 1 is 0.878 bits per heavy atom. The summed E-state index contributed by atoms with van der Waals surface area (Å²) in [6.45, 7) is 7.96. The molecule has 4 amide bonds. The van der Waals surface area contributed by atoms with Gasteiger partial charge in [0.1, 0.15) is 0 Å². The maximum absolute atomic E-state index is 14.1. The zero-order chi connectivity index (χ0) is 33.9. The smallest absolute Gasteiger partial charge is 0.410 e. The molecule has 3 saturated heterocycles. The van der Waals surface area contributed by atoms with Crippen LogP contribution >= 0.6 is 0 Å². The monoisotopic (exact) mass is 670 g/mol. The number of nitrogens with one attached hydrogen (secondary N) is 2. The Morgan fingerprint density at radius 2 is 1.59 bits per heavy atom. The minimum Gasteiger partial charge on any atom is -0.436 e. The zero-order valence-electron chi connectivity index (χ0n) is 28.2. The van der Waals surface area contributed by atoms with E-state index in [0.29, 0.717) is 51.6 Å². The maximum Gasteiger partial charge on any atom is 0.410 e. The second-order valence-electron chi connectivity index (χ2n) is 13.7. The number of benzene rings is 2. The molecular formula is C37H46N6O6. The Bertz CT molecular complexity index is 1740.